The van der Waals surface area contributed by atoms with Crippen molar-refractivity contribution in [3.63, 3.8) is 0 Å². The topological polar surface area (TPSA) is 80.8 Å². The van der Waals surface area contributed by atoms with Crippen LogP contribution in [0.4, 0.5) is 0 Å². The van der Waals surface area contributed by atoms with Crippen LogP contribution >= 0.6 is 0 Å². The SMILES string of the molecule is [2H]C1([2H])C(=O)N2[C@@H](C(=O)OCc3ccccc3)[C@](C)(C([2H])([2H])[2H])S(=O)(=O)[C@@H]21. The van der Waals surface area contributed by atoms with Gasteiger partial charge in [-0.2, -0.15) is 0 Å². The van der Waals surface area contributed by atoms with Gasteiger partial charge in [-0.25, -0.2) is 13.2 Å². The number of fused-ring (bicyclic) bond motifs is 1. The Morgan fingerprint density at radius 1 is 1.50 bits per heavy atom. The van der Waals surface area contributed by atoms with Crippen LogP contribution in [0.3, 0.4) is 0 Å². The molecule has 2 saturated heterocycles. The number of rotatable bonds is 3. The molecule has 0 radical (unpaired) electrons. The summed E-state index contributed by atoms with van der Waals surface area (Å²) in [4.78, 5) is 25.3. The first-order chi connectivity index (χ1) is 12.3. The van der Waals surface area contributed by atoms with Crippen molar-refractivity contribution in [2.45, 2.75) is 42.9 Å². The average Bonchev–Trinajstić information content (AvgIpc) is 2.76. The lowest BCUT2D eigenvalue weighted by molar-refractivity contribution is -0.162. The zero-order chi connectivity index (χ0) is 20.4. The van der Waals surface area contributed by atoms with Gasteiger partial charge in [0.1, 0.15) is 18.0 Å². The fourth-order valence-electron chi connectivity index (χ4n) is 2.57. The van der Waals surface area contributed by atoms with Gasteiger partial charge in [0.15, 0.2) is 9.84 Å². The molecule has 3 rings (SSSR count). The summed E-state index contributed by atoms with van der Waals surface area (Å²) in [5.41, 5.74) is 0.587. The highest BCUT2D eigenvalue weighted by Crippen LogP contribution is 2.46. The van der Waals surface area contributed by atoms with Gasteiger partial charge in [0.05, 0.1) is 11.1 Å². The van der Waals surface area contributed by atoms with Crippen LogP contribution in [0.5, 0.6) is 0 Å². The van der Waals surface area contributed by atoms with Crippen LogP contribution in [0.2, 0.25) is 0 Å². The third kappa shape index (κ3) is 1.95. The Morgan fingerprint density at radius 2 is 2.18 bits per heavy atom. The fourth-order valence-corrected chi connectivity index (χ4v) is 4.33. The Labute approximate surface area is 136 Å². The van der Waals surface area contributed by atoms with Gasteiger partial charge in [-0.05, 0) is 19.3 Å². The standard InChI is InChI=1S/C15H17NO5S/c1-15(2)13(16-11(17)8-12(16)22(15,19)20)14(18)21-9-10-6-4-3-5-7-10/h3-7,12-13H,8-9H2,1-2H3/t12-,13+/m1/s1/i1D3,8D2/t12-,13+,15-. The maximum atomic E-state index is 12.9. The Balaban J connectivity index is 2.01. The first-order valence-corrected chi connectivity index (χ1v) is 8.09. The Kier molecular flexibility index (Phi) is 2.18. The lowest BCUT2D eigenvalue weighted by Gasteiger charge is -2.36. The van der Waals surface area contributed by atoms with E-state index >= 15 is 0 Å². The first-order valence-electron chi connectivity index (χ1n) is 9.04. The van der Waals surface area contributed by atoms with Crippen LogP contribution < -0.4 is 0 Å². The summed E-state index contributed by atoms with van der Waals surface area (Å²) in [5, 5.41) is -2.03. The molecule has 2 aliphatic heterocycles. The number of hydrogen-bond acceptors (Lipinski definition) is 5. The molecule has 118 valence electrons. The van der Waals surface area contributed by atoms with Crippen molar-refractivity contribution in [1.29, 1.82) is 0 Å². The van der Waals surface area contributed by atoms with Crippen LogP contribution in [0.1, 0.15) is 32.6 Å². The summed E-state index contributed by atoms with van der Waals surface area (Å²) in [6, 6.07) is 6.47. The summed E-state index contributed by atoms with van der Waals surface area (Å²) in [5.74, 6) is -2.45. The number of hydrogen-bond donors (Lipinski definition) is 0. The Bertz CT molecular complexity index is 901. The van der Waals surface area contributed by atoms with Gasteiger partial charge >= 0.3 is 5.97 Å². The molecular formula is C15H17NO5S. The molecule has 0 spiro atoms. The molecule has 3 atom stereocenters. The number of sulfone groups is 1. The van der Waals surface area contributed by atoms with E-state index in [4.69, 9.17) is 11.6 Å². The van der Waals surface area contributed by atoms with E-state index < -0.39 is 51.1 Å². The number of ether oxygens (including phenoxy) is 1. The van der Waals surface area contributed by atoms with Gasteiger partial charge in [0.25, 0.3) is 0 Å². The maximum Gasteiger partial charge on any atom is 0.330 e. The van der Waals surface area contributed by atoms with E-state index in [1.54, 1.807) is 30.3 Å². The molecule has 0 N–H and O–H groups in total. The predicted octanol–water partition coefficient (Wildman–Crippen LogP) is 0.864. The van der Waals surface area contributed by atoms with Gasteiger partial charge in [-0.3, -0.25) is 4.79 Å². The molecule has 22 heavy (non-hydrogen) atoms. The number of benzene rings is 1. The van der Waals surface area contributed by atoms with Crippen molar-refractivity contribution in [2.75, 3.05) is 0 Å². The lowest BCUT2D eigenvalue weighted by Crippen LogP contribution is -2.57. The molecule has 2 fully saturated rings. The second-order valence-electron chi connectivity index (χ2n) is 5.36. The van der Waals surface area contributed by atoms with E-state index in [0.717, 1.165) is 6.92 Å². The highest BCUT2D eigenvalue weighted by Gasteiger charge is 2.68. The summed E-state index contributed by atoms with van der Waals surface area (Å²) >= 11 is 0. The van der Waals surface area contributed by atoms with Crippen LogP contribution in [-0.4, -0.2) is 41.4 Å². The average molecular weight is 328 g/mol. The second-order valence-corrected chi connectivity index (χ2v) is 7.74. The summed E-state index contributed by atoms with van der Waals surface area (Å²) in [7, 11) is -4.74. The van der Waals surface area contributed by atoms with Crippen molar-refractivity contribution in [3.8, 4) is 0 Å². The molecule has 6 nitrogen and oxygen atoms in total. The fraction of sp³-hybridized carbons (Fsp3) is 0.467. The Hall–Kier alpha value is -1.89. The predicted molar refractivity (Wildman–Crippen MR) is 78.3 cm³/mol. The maximum absolute atomic E-state index is 12.9. The zero-order valence-corrected chi connectivity index (χ0v) is 12.5. The lowest BCUT2D eigenvalue weighted by atomic mass is 9.98. The molecule has 2 heterocycles. The first kappa shape index (κ1) is 9.99. The van der Waals surface area contributed by atoms with E-state index in [-0.39, 0.29) is 6.61 Å². The van der Waals surface area contributed by atoms with Gasteiger partial charge < -0.3 is 9.64 Å². The largest absolute Gasteiger partial charge is 0.459 e. The molecular weight excluding hydrogens is 306 g/mol. The molecule has 0 bridgehead atoms. The van der Waals surface area contributed by atoms with E-state index in [1.807, 2.05) is 0 Å². The molecule has 2 aliphatic rings. The second kappa shape index (κ2) is 4.81. The quantitative estimate of drug-likeness (QED) is 0.607. The van der Waals surface area contributed by atoms with E-state index in [2.05, 4.69) is 0 Å². The highest BCUT2D eigenvalue weighted by atomic mass is 32.2. The van der Waals surface area contributed by atoms with Crippen LogP contribution in [0, 0.1) is 0 Å². The van der Waals surface area contributed by atoms with Gasteiger partial charge in [0, 0.05) is 6.85 Å². The van der Waals surface area contributed by atoms with Crippen molar-refractivity contribution in [3.05, 3.63) is 35.9 Å². The van der Waals surface area contributed by atoms with Crippen molar-refractivity contribution in [2.24, 2.45) is 0 Å². The minimum absolute atomic E-state index is 0.243. The minimum atomic E-state index is -4.74. The van der Waals surface area contributed by atoms with Crippen molar-refractivity contribution in [1.82, 2.24) is 4.90 Å². The number of carbonyl (C=O) groups excluding carboxylic acids is 2. The molecule has 7 heteroatoms. The van der Waals surface area contributed by atoms with Crippen LogP contribution in [0.25, 0.3) is 0 Å². The molecule has 1 aromatic carbocycles. The normalized spacial score (nSPS) is 38.5. The number of amides is 1. The van der Waals surface area contributed by atoms with E-state index in [0.29, 0.717) is 10.5 Å². The van der Waals surface area contributed by atoms with Crippen LogP contribution in [-0.2, 0) is 30.8 Å². The third-order valence-corrected chi connectivity index (χ3v) is 6.20. The molecule has 0 saturated carbocycles. The number of nitrogens with zero attached hydrogens (tertiary/aromatic N) is 1. The molecule has 0 aliphatic carbocycles. The smallest absolute Gasteiger partial charge is 0.330 e. The van der Waals surface area contributed by atoms with E-state index in [9.17, 15) is 18.0 Å². The zero-order valence-electron chi connectivity index (χ0n) is 16.6. The van der Waals surface area contributed by atoms with Gasteiger partial charge in [-0.1, -0.05) is 30.3 Å². The summed E-state index contributed by atoms with van der Waals surface area (Å²) < 4.78 is 66.6. The highest BCUT2D eigenvalue weighted by molar-refractivity contribution is 7.93. The Morgan fingerprint density at radius 3 is 2.82 bits per heavy atom. The van der Waals surface area contributed by atoms with Gasteiger partial charge in [0.2, 0.25) is 5.91 Å². The molecule has 0 aromatic heterocycles. The van der Waals surface area contributed by atoms with E-state index in [1.165, 1.54) is 0 Å². The number of β-lactam (4-membered cyclic amide) rings is 1. The van der Waals surface area contributed by atoms with Crippen LogP contribution in [0.15, 0.2) is 30.3 Å². The molecule has 1 aromatic rings. The minimum Gasteiger partial charge on any atom is -0.459 e. The summed E-state index contributed by atoms with van der Waals surface area (Å²) in [6.45, 7) is -2.59. The molecule has 1 amide bonds. The van der Waals surface area contributed by atoms with Crippen molar-refractivity contribution < 1.29 is 29.6 Å². The number of esters is 1. The van der Waals surface area contributed by atoms with Crippen molar-refractivity contribution >= 4 is 21.7 Å². The number of carbonyl (C=O) groups is 2. The summed E-state index contributed by atoms with van der Waals surface area (Å²) in [6.07, 6.45) is -2.79. The van der Waals surface area contributed by atoms with Gasteiger partial charge in [-0.15, -0.1) is 0 Å². The third-order valence-electron chi connectivity index (χ3n) is 3.87. The monoisotopic (exact) mass is 328 g/mol. The molecule has 0 unspecified atom stereocenters.